The van der Waals surface area contributed by atoms with Crippen LogP contribution in [0.15, 0.2) is 48.5 Å². The number of halogens is 1. The van der Waals surface area contributed by atoms with Crippen molar-refractivity contribution >= 4 is 23.2 Å². The molecule has 2 aromatic rings. The van der Waals surface area contributed by atoms with Crippen LogP contribution in [-0.4, -0.2) is 55.0 Å². The normalized spacial score (nSPS) is 15.5. The largest absolute Gasteiger partial charge is 0.494 e. The summed E-state index contributed by atoms with van der Waals surface area (Å²) in [6.07, 6.45) is 0. The SMILES string of the molecule is CCOc1ccc(NC(=O)CN2CCN(Cc3ccccc3Cl)CC2)cc1. The summed E-state index contributed by atoms with van der Waals surface area (Å²) in [5.41, 5.74) is 1.95. The molecule has 0 unspecified atom stereocenters. The van der Waals surface area contributed by atoms with E-state index in [9.17, 15) is 4.79 Å². The molecule has 3 rings (SSSR count). The first-order valence-corrected chi connectivity index (χ1v) is 9.72. The number of ether oxygens (including phenoxy) is 1. The van der Waals surface area contributed by atoms with Crippen molar-refractivity contribution in [1.82, 2.24) is 9.80 Å². The number of rotatable bonds is 7. The van der Waals surface area contributed by atoms with Crippen LogP contribution in [-0.2, 0) is 11.3 Å². The fourth-order valence-electron chi connectivity index (χ4n) is 3.18. The van der Waals surface area contributed by atoms with Crippen LogP contribution in [0.25, 0.3) is 0 Å². The summed E-state index contributed by atoms with van der Waals surface area (Å²) in [6.45, 7) is 7.46. The Morgan fingerprint density at radius 1 is 1.04 bits per heavy atom. The van der Waals surface area contributed by atoms with Gasteiger partial charge < -0.3 is 10.1 Å². The molecule has 0 saturated carbocycles. The van der Waals surface area contributed by atoms with E-state index in [1.165, 1.54) is 0 Å². The number of piperazine rings is 1. The molecule has 0 radical (unpaired) electrons. The van der Waals surface area contributed by atoms with E-state index in [1.807, 2.05) is 49.4 Å². The van der Waals surface area contributed by atoms with Gasteiger partial charge in [-0.3, -0.25) is 14.6 Å². The van der Waals surface area contributed by atoms with E-state index in [-0.39, 0.29) is 5.91 Å². The van der Waals surface area contributed by atoms with Crippen LogP contribution in [0.2, 0.25) is 5.02 Å². The third-order valence-electron chi connectivity index (χ3n) is 4.63. The zero-order valence-corrected chi connectivity index (χ0v) is 16.4. The summed E-state index contributed by atoms with van der Waals surface area (Å²) in [5.74, 6) is 0.823. The van der Waals surface area contributed by atoms with E-state index in [2.05, 4.69) is 21.2 Å². The first-order valence-electron chi connectivity index (χ1n) is 9.35. The topological polar surface area (TPSA) is 44.8 Å². The molecule has 27 heavy (non-hydrogen) atoms. The Bertz CT molecular complexity index is 743. The number of amides is 1. The van der Waals surface area contributed by atoms with E-state index in [0.717, 1.165) is 54.7 Å². The maximum absolute atomic E-state index is 12.3. The molecule has 1 fully saturated rings. The van der Waals surface area contributed by atoms with Crippen molar-refractivity contribution in [1.29, 1.82) is 0 Å². The second-order valence-corrected chi connectivity index (χ2v) is 7.06. The minimum Gasteiger partial charge on any atom is -0.494 e. The van der Waals surface area contributed by atoms with E-state index in [1.54, 1.807) is 0 Å². The van der Waals surface area contributed by atoms with Gasteiger partial charge in [0.2, 0.25) is 5.91 Å². The quantitative estimate of drug-likeness (QED) is 0.789. The molecule has 1 N–H and O–H groups in total. The Hall–Kier alpha value is -2.08. The van der Waals surface area contributed by atoms with Crippen molar-refractivity contribution in [3.05, 3.63) is 59.1 Å². The van der Waals surface area contributed by atoms with Crippen LogP contribution in [0.3, 0.4) is 0 Å². The van der Waals surface area contributed by atoms with Crippen molar-refractivity contribution in [2.45, 2.75) is 13.5 Å². The van der Waals surface area contributed by atoms with Crippen LogP contribution >= 0.6 is 11.6 Å². The van der Waals surface area contributed by atoms with Crippen molar-refractivity contribution in [3.8, 4) is 5.75 Å². The molecule has 1 amide bonds. The number of carbonyl (C=O) groups is 1. The lowest BCUT2D eigenvalue weighted by molar-refractivity contribution is -0.117. The smallest absolute Gasteiger partial charge is 0.238 e. The maximum atomic E-state index is 12.3. The summed E-state index contributed by atoms with van der Waals surface area (Å²) in [7, 11) is 0. The van der Waals surface area contributed by atoms with E-state index < -0.39 is 0 Å². The average Bonchev–Trinajstić information content (AvgIpc) is 2.67. The summed E-state index contributed by atoms with van der Waals surface area (Å²) >= 11 is 6.25. The molecule has 0 aromatic heterocycles. The van der Waals surface area contributed by atoms with Crippen molar-refractivity contribution in [2.24, 2.45) is 0 Å². The molecule has 0 spiro atoms. The highest BCUT2D eigenvalue weighted by atomic mass is 35.5. The minimum atomic E-state index is 0.0127. The highest BCUT2D eigenvalue weighted by Crippen LogP contribution is 2.18. The second-order valence-electron chi connectivity index (χ2n) is 6.65. The fraction of sp³-hybridized carbons (Fsp3) is 0.381. The van der Waals surface area contributed by atoms with Gasteiger partial charge in [0.15, 0.2) is 0 Å². The second kappa shape index (κ2) is 9.74. The van der Waals surface area contributed by atoms with Crippen LogP contribution in [0.5, 0.6) is 5.75 Å². The molecule has 0 aliphatic carbocycles. The fourth-order valence-corrected chi connectivity index (χ4v) is 3.37. The highest BCUT2D eigenvalue weighted by Gasteiger charge is 2.19. The van der Waals surface area contributed by atoms with Gasteiger partial charge in [-0.05, 0) is 42.8 Å². The third-order valence-corrected chi connectivity index (χ3v) is 5.00. The molecular formula is C21H26ClN3O2. The summed E-state index contributed by atoms with van der Waals surface area (Å²) in [6, 6.07) is 15.4. The molecule has 0 bridgehead atoms. The molecule has 0 atom stereocenters. The standard InChI is InChI=1S/C21H26ClN3O2/c1-2-27-19-9-7-18(8-10-19)23-21(26)16-25-13-11-24(12-14-25)15-17-5-3-4-6-20(17)22/h3-10H,2,11-16H2,1H3,(H,23,26). The molecule has 6 heteroatoms. The molecule has 2 aromatic carbocycles. The van der Waals surface area contributed by atoms with Gasteiger partial charge in [0.25, 0.3) is 0 Å². The summed E-state index contributed by atoms with van der Waals surface area (Å²) in [5, 5.41) is 3.76. The lowest BCUT2D eigenvalue weighted by atomic mass is 10.2. The monoisotopic (exact) mass is 387 g/mol. The predicted molar refractivity (Wildman–Crippen MR) is 109 cm³/mol. The Kier molecular flexibility index (Phi) is 7.10. The summed E-state index contributed by atoms with van der Waals surface area (Å²) < 4.78 is 5.41. The molecular weight excluding hydrogens is 362 g/mol. The average molecular weight is 388 g/mol. The molecule has 1 heterocycles. The number of nitrogens with zero attached hydrogens (tertiary/aromatic N) is 2. The van der Waals surface area contributed by atoms with E-state index >= 15 is 0 Å². The molecule has 1 saturated heterocycles. The Labute approximate surface area is 165 Å². The minimum absolute atomic E-state index is 0.0127. The van der Waals surface area contributed by atoms with Crippen LogP contribution in [0, 0.1) is 0 Å². The van der Waals surface area contributed by atoms with Crippen molar-refractivity contribution in [2.75, 3.05) is 44.6 Å². The Morgan fingerprint density at radius 2 is 1.70 bits per heavy atom. The number of hydrogen-bond acceptors (Lipinski definition) is 4. The Balaban J connectivity index is 1.42. The van der Waals surface area contributed by atoms with Gasteiger partial charge in [-0.25, -0.2) is 0 Å². The maximum Gasteiger partial charge on any atom is 0.238 e. The van der Waals surface area contributed by atoms with Gasteiger partial charge in [0.05, 0.1) is 13.2 Å². The van der Waals surface area contributed by atoms with Gasteiger partial charge in [-0.1, -0.05) is 29.8 Å². The van der Waals surface area contributed by atoms with Gasteiger partial charge in [-0.15, -0.1) is 0 Å². The number of anilines is 1. The first-order chi connectivity index (χ1) is 13.1. The molecule has 1 aliphatic heterocycles. The first kappa shape index (κ1) is 19.7. The van der Waals surface area contributed by atoms with Crippen LogP contribution in [0.1, 0.15) is 12.5 Å². The highest BCUT2D eigenvalue weighted by molar-refractivity contribution is 6.31. The van der Waals surface area contributed by atoms with Gasteiger partial charge in [0.1, 0.15) is 5.75 Å². The Morgan fingerprint density at radius 3 is 2.37 bits per heavy atom. The van der Waals surface area contributed by atoms with Crippen molar-refractivity contribution in [3.63, 3.8) is 0 Å². The zero-order valence-electron chi connectivity index (χ0n) is 15.7. The van der Waals surface area contributed by atoms with Gasteiger partial charge >= 0.3 is 0 Å². The number of carbonyl (C=O) groups excluding carboxylic acids is 1. The molecule has 144 valence electrons. The number of nitrogens with one attached hydrogen (secondary N) is 1. The predicted octanol–water partition coefficient (Wildman–Crippen LogP) is 3.50. The zero-order chi connectivity index (χ0) is 19.1. The van der Waals surface area contributed by atoms with Crippen LogP contribution in [0.4, 0.5) is 5.69 Å². The molecule has 5 nitrogen and oxygen atoms in total. The number of benzene rings is 2. The summed E-state index contributed by atoms with van der Waals surface area (Å²) in [4.78, 5) is 16.9. The molecule has 1 aliphatic rings. The van der Waals surface area contributed by atoms with E-state index in [0.29, 0.717) is 13.2 Å². The van der Waals surface area contributed by atoms with Crippen molar-refractivity contribution < 1.29 is 9.53 Å². The van der Waals surface area contributed by atoms with Crippen LogP contribution < -0.4 is 10.1 Å². The lowest BCUT2D eigenvalue weighted by Crippen LogP contribution is -2.48. The van der Waals surface area contributed by atoms with Gasteiger partial charge in [-0.2, -0.15) is 0 Å². The number of hydrogen-bond donors (Lipinski definition) is 1. The lowest BCUT2D eigenvalue weighted by Gasteiger charge is -2.34. The van der Waals surface area contributed by atoms with E-state index in [4.69, 9.17) is 16.3 Å². The third kappa shape index (κ3) is 5.96. The van der Waals surface area contributed by atoms with Gasteiger partial charge in [0, 0.05) is 43.4 Å².